The Morgan fingerprint density at radius 2 is 2.08 bits per heavy atom. The van der Waals surface area contributed by atoms with Gasteiger partial charge in [-0.3, -0.25) is 0 Å². The lowest BCUT2D eigenvalue weighted by molar-refractivity contribution is 0.520. The first-order valence-corrected chi connectivity index (χ1v) is 5.44. The zero-order valence-electron chi connectivity index (χ0n) is 7.67. The molecular weight excluding hydrogens is 275 g/mol. The summed E-state index contributed by atoms with van der Waals surface area (Å²) in [4.78, 5) is 0. The van der Waals surface area contributed by atoms with E-state index in [1.807, 2.05) is 0 Å². The number of hydrogen-bond donors (Lipinski definition) is 0. The predicted octanol–water partition coefficient (Wildman–Crippen LogP) is 4.16. The van der Waals surface area contributed by atoms with Crippen molar-refractivity contribution in [2.45, 2.75) is 19.8 Å². The summed E-state index contributed by atoms with van der Waals surface area (Å²) in [6.45, 7) is 4.29. The van der Waals surface area contributed by atoms with Crippen molar-refractivity contribution in [1.82, 2.24) is 0 Å². The Balaban J connectivity index is 2.68. The standard InChI is InChI=1S/C11H11IO/c1-7(2)10-6-8-4-3-5-9(12)11(8)13-10/h3-7H,1-2H3. The van der Waals surface area contributed by atoms with Crippen LogP contribution in [0.3, 0.4) is 0 Å². The van der Waals surface area contributed by atoms with Gasteiger partial charge in [-0.1, -0.05) is 26.0 Å². The molecule has 0 radical (unpaired) electrons. The average Bonchev–Trinajstić information content (AvgIpc) is 2.49. The van der Waals surface area contributed by atoms with Crippen LogP contribution in [-0.2, 0) is 0 Å². The number of para-hydroxylation sites is 1. The lowest BCUT2D eigenvalue weighted by atomic mass is 10.1. The molecule has 1 aromatic heterocycles. The third-order valence-electron chi connectivity index (χ3n) is 2.08. The molecule has 0 unspecified atom stereocenters. The van der Waals surface area contributed by atoms with Crippen molar-refractivity contribution in [3.05, 3.63) is 33.6 Å². The van der Waals surface area contributed by atoms with E-state index in [0.29, 0.717) is 5.92 Å². The van der Waals surface area contributed by atoms with Gasteiger partial charge in [0, 0.05) is 11.3 Å². The van der Waals surface area contributed by atoms with Crippen molar-refractivity contribution < 1.29 is 4.42 Å². The van der Waals surface area contributed by atoms with E-state index < -0.39 is 0 Å². The number of furan rings is 1. The highest BCUT2D eigenvalue weighted by Crippen LogP contribution is 2.27. The van der Waals surface area contributed by atoms with Gasteiger partial charge >= 0.3 is 0 Å². The molecule has 0 aliphatic carbocycles. The molecule has 0 saturated carbocycles. The molecule has 0 bridgehead atoms. The van der Waals surface area contributed by atoms with Crippen LogP contribution in [0.15, 0.2) is 28.7 Å². The van der Waals surface area contributed by atoms with Crippen LogP contribution in [0.4, 0.5) is 0 Å². The number of fused-ring (bicyclic) bond motifs is 1. The SMILES string of the molecule is CC(C)c1cc2cccc(I)c2o1. The summed E-state index contributed by atoms with van der Waals surface area (Å²) in [5.41, 5.74) is 1.02. The molecule has 2 heteroatoms. The second-order valence-corrected chi connectivity index (χ2v) is 4.62. The Labute approximate surface area is 91.3 Å². The van der Waals surface area contributed by atoms with Crippen LogP contribution in [0, 0.1) is 3.57 Å². The first-order valence-electron chi connectivity index (χ1n) is 4.36. The molecule has 2 aromatic rings. The maximum absolute atomic E-state index is 5.75. The zero-order valence-corrected chi connectivity index (χ0v) is 9.83. The average molecular weight is 286 g/mol. The van der Waals surface area contributed by atoms with Crippen molar-refractivity contribution in [3.8, 4) is 0 Å². The lowest BCUT2D eigenvalue weighted by Gasteiger charge is -1.96. The second-order valence-electron chi connectivity index (χ2n) is 3.46. The van der Waals surface area contributed by atoms with Gasteiger partial charge in [-0.2, -0.15) is 0 Å². The number of rotatable bonds is 1. The van der Waals surface area contributed by atoms with Gasteiger partial charge in [0.25, 0.3) is 0 Å². The van der Waals surface area contributed by atoms with E-state index in [0.717, 1.165) is 11.3 Å². The maximum Gasteiger partial charge on any atom is 0.147 e. The quantitative estimate of drug-likeness (QED) is 0.717. The normalized spacial score (nSPS) is 11.4. The molecular formula is C11H11IO. The van der Waals surface area contributed by atoms with Gasteiger partial charge in [0.1, 0.15) is 11.3 Å². The highest BCUT2D eigenvalue weighted by Gasteiger charge is 2.08. The van der Waals surface area contributed by atoms with Crippen LogP contribution in [0.2, 0.25) is 0 Å². The van der Waals surface area contributed by atoms with Crippen molar-refractivity contribution in [2.24, 2.45) is 0 Å². The Morgan fingerprint density at radius 3 is 2.69 bits per heavy atom. The van der Waals surface area contributed by atoms with Crippen molar-refractivity contribution >= 4 is 33.6 Å². The van der Waals surface area contributed by atoms with Crippen molar-refractivity contribution in [1.29, 1.82) is 0 Å². The fraction of sp³-hybridized carbons (Fsp3) is 0.273. The molecule has 2 rings (SSSR count). The first-order chi connectivity index (χ1) is 6.18. The molecule has 0 fully saturated rings. The van der Waals surface area contributed by atoms with E-state index in [-0.39, 0.29) is 0 Å². The molecule has 1 heterocycles. The van der Waals surface area contributed by atoms with Crippen LogP contribution >= 0.6 is 22.6 Å². The van der Waals surface area contributed by atoms with E-state index >= 15 is 0 Å². The van der Waals surface area contributed by atoms with E-state index in [1.165, 1.54) is 8.96 Å². The fourth-order valence-electron chi connectivity index (χ4n) is 1.33. The Hall–Kier alpha value is -0.510. The highest BCUT2D eigenvalue weighted by atomic mass is 127. The summed E-state index contributed by atoms with van der Waals surface area (Å²) in [6.07, 6.45) is 0. The topological polar surface area (TPSA) is 13.1 Å². The summed E-state index contributed by atoms with van der Waals surface area (Å²) in [6, 6.07) is 8.34. The molecule has 0 aliphatic rings. The summed E-state index contributed by atoms with van der Waals surface area (Å²) in [5.74, 6) is 1.53. The molecule has 0 N–H and O–H groups in total. The van der Waals surface area contributed by atoms with Gasteiger partial charge in [0.15, 0.2) is 0 Å². The molecule has 1 aromatic carbocycles. The van der Waals surface area contributed by atoms with Gasteiger partial charge in [-0.25, -0.2) is 0 Å². The monoisotopic (exact) mass is 286 g/mol. The van der Waals surface area contributed by atoms with Gasteiger partial charge < -0.3 is 4.42 Å². The van der Waals surface area contributed by atoms with Crippen LogP contribution < -0.4 is 0 Å². The summed E-state index contributed by atoms with van der Waals surface area (Å²) >= 11 is 2.30. The molecule has 68 valence electrons. The van der Waals surface area contributed by atoms with E-state index in [1.54, 1.807) is 0 Å². The number of hydrogen-bond acceptors (Lipinski definition) is 1. The summed E-state index contributed by atoms with van der Waals surface area (Å²) in [5, 5.41) is 1.20. The lowest BCUT2D eigenvalue weighted by Crippen LogP contribution is -1.79. The van der Waals surface area contributed by atoms with Gasteiger partial charge in [0.05, 0.1) is 3.57 Å². The van der Waals surface area contributed by atoms with Crippen LogP contribution in [0.1, 0.15) is 25.5 Å². The fourth-order valence-corrected chi connectivity index (χ4v) is 1.96. The summed E-state index contributed by atoms with van der Waals surface area (Å²) < 4.78 is 6.94. The molecule has 0 amide bonds. The molecule has 0 atom stereocenters. The maximum atomic E-state index is 5.75. The minimum atomic E-state index is 0.461. The van der Waals surface area contributed by atoms with Crippen LogP contribution in [0.5, 0.6) is 0 Å². The molecule has 0 aliphatic heterocycles. The minimum absolute atomic E-state index is 0.461. The highest BCUT2D eigenvalue weighted by molar-refractivity contribution is 14.1. The first kappa shape index (κ1) is 9.06. The third kappa shape index (κ3) is 1.59. The number of halogens is 1. The Bertz CT molecular complexity index is 429. The van der Waals surface area contributed by atoms with Crippen LogP contribution in [0.25, 0.3) is 11.0 Å². The second kappa shape index (κ2) is 3.33. The van der Waals surface area contributed by atoms with Gasteiger partial charge in [0.2, 0.25) is 0 Å². The van der Waals surface area contributed by atoms with Gasteiger partial charge in [-0.15, -0.1) is 0 Å². The molecule has 0 spiro atoms. The largest absolute Gasteiger partial charge is 0.460 e. The summed E-state index contributed by atoms with van der Waals surface area (Å²) in [7, 11) is 0. The molecule has 1 nitrogen and oxygen atoms in total. The molecule has 13 heavy (non-hydrogen) atoms. The molecule has 0 saturated heterocycles. The van der Waals surface area contributed by atoms with Gasteiger partial charge in [-0.05, 0) is 34.7 Å². The predicted molar refractivity (Wildman–Crippen MR) is 63.0 cm³/mol. The van der Waals surface area contributed by atoms with Crippen molar-refractivity contribution in [3.63, 3.8) is 0 Å². The van der Waals surface area contributed by atoms with E-state index in [2.05, 4.69) is 60.7 Å². The van der Waals surface area contributed by atoms with E-state index in [9.17, 15) is 0 Å². The Kier molecular flexibility index (Phi) is 2.32. The number of benzene rings is 1. The van der Waals surface area contributed by atoms with E-state index in [4.69, 9.17) is 4.42 Å². The third-order valence-corrected chi connectivity index (χ3v) is 2.93. The minimum Gasteiger partial charge on any atom is -0.460 e. The Morgan fingerprint density at radius 1 is 1.31 bits per heavy atom. The van der Waals surface area contributed by atoms with Crippen LogP contribution in [-0.4, -0.2) is 0 Å². The smallest absolute Gasteiger partial charge is 0.147 e. The zero-order chi connectivity index (χ0) is 9.42. The van der Waals surface area contributed by atoms with Crippen molar-refractivity contribution in [2.75, 3.05) is 0 Å².